The van der Waals surface area contributed by atoms with E-state index in [-0.39, 0.29) is 9.37 Å². The normalized spacial score (nSPS) is 13.4. The molecular weight excluding hydrogens is 317 g/mol. The number of carbonyl (C=O) groups is 1. The van der Waals surface area contributed by atoms with Gasteiger partial charge < -0.3 is 5.11 Å². The molecule has 17 heavy (non-hydrogen) atoms. The molecule has 1 aromatic carbocycles. The molecule has 0 spiro atoms. The van der Waals surface area contributed by atoms with E-state index in [0.29, 0.717) is 0 Å². The second-order valence-corrected chi connectivity index (χ2v) is 5.79. The van der Waals surface area contributed by atoms with Gasteiger partial charge in [0.2, 0.25) is 10.0 Å². The van der Waals surface area contributed by atoms with Crippen molar-refractivity contribution in [2.45, 2.75) is 17.9 Å². The van der Waals surface area contributed by atoms with Gasteiger partial charge in [0.25, 0.3) is 0 Å². The van der Waals surface area contributed by atoms with Crippen molar-refractivity contribution in [3.63, 3.8) is 0 Å². The van der Waals surface area contributed by atoms with Gasteiger partial charge in [-0.15, -0.1) is 0 Å². The first-order valence-corrected chi connectivity index (χ1v) is 6.72. The number of aliphatic carboxylic acids is 1. The quantitative estimate of drug-likeness (QED) is 0.875. The lowest BCUT2D eigenvalue weighted by Crippen LogP contribution is -2.38. The summed E-state index contributed by atoms with van der Waals surface area (Å²) in [5.74, 6) is -1.89. The molecule has 0 saturated heterocycles. The molecule has 0 bridgehead atoms. The summed E-state index contributed by atoms with van der Waals surface area (Å²) in [6.07, 6.45) is 0. The number of nitrogens with one attached hydrogen (secondary N) is 1. The largest absolute Gasteiger partial charge is 0.480 e. The lowest BCUT2D eigenvalue weighted by Gasteiger charge is -2.11. The average molecular weight is 326 g/mol. The molecule has 2 N–H and O–H groups in total. The Morgan fingerprint density at radius 3 is 2.59 bits per heavy atom. The summed E-state index contributed by atoms with van der Waals surface area (Å²) in [6, 6.07) is 1.75. The van der Waals surface area contributed by atoms with Gasteiger partial charge in [-0.05, 0) is 41.1 Å². The number of sulfonamides is 1. The molecule has 0 aliphatic carbocycles. The van der Waals surface area contributed by atoms with E-state index in [4.69, 9.17) is 5.11 Å². The van der Waals surface area contributed by atoms with Crippen molar-refractivity contribution in [1.82, 2.24) is 4.72 Å². The number of rotatable bonds is 4. The SMILES string of the molecule is CC(NS(=O)(=O)c1ccc(F)cc1Br)C(=O)O. The summed E-state index contributed by atoms with van der Waals surface area (Å²) < 4.78 is 38.3. The molecule has 1 unspecified atom stereocenters. The minimum atomic E-state index is -4.00. The van der Waals surface area contributed by atoms with Gasteiger partial charge in [-0.3, -0.25) is 4.79 Å². The Morgan fingerprint density at radius 2 is 2.12 bits per heavy atom. The van der Waals surface area contributed by atoms with E-state index < -0.39 is 27.9 Å². The second-order valence-electron chi connectivity index (χ2n) is 3.26. The fourth-order valence-electron chi connectivity index (χ4n) is 1.04. The highest BCUT2D eigenvalue weighted by molar-refractivity contribution is 9.10. The molecule has 1 atom stereocenters. The third kappa shape index (κ3) is 3.48. The van der Waals surface area contributed by atoms with Crippen LogP contribution in [0.15, 0.2) is 27.6 Å². The first-order valence-electron chi connectivity index (χ1n) is 4.44. The van der Waals surface area contributed by atoms with E-state index in [9.17, 15) is 17.6 Å². The van der Waals surface area contributed by atoms with Crippen molar-refractivity contribution in [2.75, 3.05) is 0 Å². The standard InChI is InChI=1S/C9H9BrFNO4S/c1-5(9(13)14)12-17(15,16)8-3-2-6(11)4-7(8)10/h2-5,12H,1H3,(H,13,14). The molecule has 0 heterocycles. The van der Waals surface area contributed by atoms with Crippen LogP contribution in [0.5, 0.6) is 0 Å². The van der Waals surface area contributed by atoms with Gasteiger partial charge in [0.05, 0.1) is 4.90 Å². The Morgan fingerprint density at radius 1 is 1.53 bits per heavy atom. The zero-order chi connectivity index (χ0) is 13.2. The molecule has 0 aliphatic heterocycles. The second kappa shape index (κ2) is 5.11. The van der Waals surface area contributed by atoms with E-state index in [2.05, 4.69) is 15.9 Å². The first-order chi connectivity index (χ1) is 7.74. The Bertz CT molecular complexity index is 546. The zero-order valence-corrected chi connectivity index (χ0v) is 11.0. The molecule has 0 saturated carbocycles. The molecule has 0 aromatic heterocycles. The Labute approximate surface area is 106 Å². The molecule has 0 fully saturated rings. The van der Waals surface area contributed by atoms with E-state index in [1.54, 1.807) is 0 Å². The van der Waals surface area contributed by atoms with E-state index >= 15 is 0 Å². The summed E-state index contributed by atoms with van der Waals surface area (Å²) in [7, 11) is -4.00. The summed E-state index contributed by atoms with van der Waals surface area (Å²) in [5, 5.41) is 8.61. The van der Waals surface area contributed by atoms with Crippen molar-refractivity contribution < 1.29 is 22.7 Å². The third-order valence-corrected chi connectivity index (χ3v) is 4.40. The average Bonchev–Trinajstić information content (AvgIpc) is 2.15. The fraction of sp³-hybridized carbons (Fsp3) is 0.222. The fourth-order valence-corrected chi connectivity index (χ4v) is 3.29. The highest BCUT2D eigenvalue weighted by Gasteiger charge is 2.23. The van der Waals surface area contributed by atoms with Crippen LogP contribution in [0, 0.1) is 5.82 Å². The van der Waals surface area contributed by atoms with E-state index in [0.717, 1.165) is 18.2 Å². The molecule has 0 radical (unpaired) electrons. The molecule has 5 nitrogen and oxygen atoms in total. The van der Waals surface area contributed by atoms with Gasteiger partial charge >= 0.3 is 5.97 Å². The van der Waals surface area contributed by atoms with Crippen LogP contribution < -0.4 is 4.72 Å². The number of benzene rings is 1. The minimum absolute atomic E-state index is 0.0302. The molecule has 0 amide bonds. The molecule has 0 aliphatic rings. The predicted octanol–water partition coefficient (Wildman–Crippen LogP) is 1.34. The van der Waals surface area contributed by atoms with Crippen molar-refractivity contribution in [1.29, 1.82) is 0 Å². The van der Waals surface area contributed by atoms with Gasteiger partial charge in [-0.1, -0.05) is 0 Å². The number of hydrogen-bond acceptors (Lipinski definition) is 3. The van der Waals surface area contributed by atoms with Crippen LogP contribution in [0.2, 0.25) is 0 Å². The van der Waals surface area contributed by atoms with Gasteiger partial charge in [0.15, 0.2) is 0 Å². The van der Waals surface area contributed by atoms with Crippen LogP contribution in [0.25, 0.3) is 0 Å². The first kappa shape index (κ1) is 14.1. The third-order valence-electron chi connectivity index (χ3n) is 1.89. The summed E-state index contributed by atoms with van der Waals surface area (Å²) >= 11 is 2.90. The Kier molecular flexibility index (Phi) is 4.23. The smallest absolute Gasteiger partial charge is 0.321 e. The maximum Gasteiger partial charge on any atom is 0.321 e. The maximum atomic E-state index is 12.8. The number of carboxylic acid groups (broad SMARTS) is 1. The van der Waals surface area contributed by atoms with Gasteiger partial charge in [-0.2, -0.15) is 4.72 Å². The van der Waals surface area contributed by atoms with E-state index in [1.807, 2.05) is 4.72 Å². The van der Waals surface area contributed by atoms with Crippen LogP contribution in [0.4, 0.5) is 4.39 Å². The molecule has 94 valence electrons. The van der Waals surface area contributed by atoms with Crippen molar-refractivity contribution in [3.05, 3.63) is 28.5 Å². The van der Waals surface area contributed by atoms with Crippen LogP contribution in [-0.4, -0.2) is 25.5 Å². The lowest BCUT2D eigenvalue weighted by molar-refractivity contribution is -0.138. The van der Waals surface area contributed by atoms with Gasteiger partial charge in [0.1, 0.15) is 11.9 Å². The van der Waals surface area contributed by atoms with Crippen molar-refractivity contribution in [2.24, 2.45) is 0 Å². The van der Waals surface area contributed by atoms with Crippen LogP contribution in [-0.2, 0) is 14.8 Å². The molecule has 8 heteroatoms. The summed E-state index contributed by atoms with van der Waals surface area (Å²) in [4.78, 5) is 10.3. The topological polar surface area (TPSA) is 83.5 Å². The zero-order valence-electron chi connectivity index (χ0n) is 8.65. The van der Waals surface area contributed by atoms with Gasteiger partial charge in [0, 0.05) is 4.47 Å². The molecular formula is C9H9BrFNO4S. The number of hydrogen-bond donors (Lipinski definition) is 2. The monoisotopic (exact) mass is 325 g/mol. The predicted molar refractivity (Wildman–Crippen MR) is 61.5 cm³/mol. The van der Waals surface area contributed by atoms with Crippen molar-refractivity contribution >= 4 is 31.9 Å². The summed E-state index contributed by atoms with van der Waals surface area (Å²) in [5.41, 5.74) is 0. The Hall–Kier alpha value is -0.990. The van der Waals surface area contributed by atoms with Gasteiger partial charge in [-0.25, -0.2) is 12.8 Å². The van der Waals surface area contributed by atoms with Crippen LogP contribution in [0.1, 0.15) is 6.92 Å². The molecule has 1 aromatic rings. The Balaban J connectivity index is 3.10. The van der Waals surface area contributed by atoms with Crippen LogP contribution in [0.3, 0.4) is 0 Å². The number of halogens is 2. The van der Waals surface area contributed by atoms with Crippen LogP contribution >= 0.6 is 15.9 Å². The lowest BCUT2D eigenvalue weighted by atomic mass is 10.3. The maximum absolute atomic E-state index is 12.8. The minimum Gasteiger partial charge on any atom is -0.480 e. The van der Waals surface area contributed by atoms with Crippen molar-refractivity contribution in [3.8, 4) is 0 Å². The highest BCUT2D eigenvalue weighted by Crippen LogP contribution is 2.22. The highest BCUT2D eigenvalue weighted by atomic mass is 79.9. The summed E-state index contributed by atoms with van der Waals surface area (Å²) in [6.45, 7) is 1.19. The van der Waals surface area contributed by atoms with E-state index in [1.165, 1.54) is 6.92 Å². The number of carboxylic acids is 1. The molecule has 1 rings (SSSR count).